The molecule has 0 aliphatic heterocycles. The van der Waals surface area contributed by atoms with Crippen molar-refractivity contribution >= 4 is 12.2 Å². The van der Waals surface area contributed by atoms with Crippen molar-refractivity contribution in [3.05, 3.63) is 0 Å². The highest BCUT2D eigenvalue weighted by molar-refractivity contribution is 5.73. The van der Waals surface area contributed by atoms with Crippen LogP contribution < -0.4 is 0 Å². The van der Waals surface area contributed by atoms with Gasteiger partial charge in [0.1, 0.15) is 31.0 Å². The van der Waals surface area contributed by atoms with Gasteiger partial charge in [-0.15, -0.1) is 0 Å². The Morgan fingerprint density at radius 3 is 2.19 bits per heavy atom. The Hall–Kier alpha value is -1.06. The van der Waals surface area contributed by atoms with E-state index in [4.69, 9.17) is 20.4 Å². The van der Waals surface area contributed by atoms with Crippen molar-refractivity contribution in [2.24, 2.45) is 4.99 Å². The molecule has 94 valence electrons. The number of carbonyl (C=O) groups is 1. The van der Waals surface area contributed by atoms with Gasteiger partial charge in [-0.05, 0) is 0 Å². The van der Waals surface area contributed by atoms with Crippen molar-refractivity contribution in [1.29, 1.82) is 0 Å². The van der Waals surface area contributed by atoms with E-state index in [0.29, 0.717) is 0 Å². The first-order valence-electron chi connectivity index (χ1n) is 4.45. The van der Waals surface area contributed by atoms with Crippen LogP contribution in [0, 0.1) is 0 Å². The van der Waals surface area contributed by atoms with Gasteiger partial charge in [-0.25, -0.2) is 0 Å². The molecule has 4 unspecified atom stereocenters. The molecule has 0 bridgehead atoms. The summed E-state index contributed by atoms with van der Waals surface area (Å²) in [6.45, 7) is -1.36. The molecule has 0 aromatic heterocycles. The van der Waals surface area contributed by atoms with Crippen LogP contribution in [0.1, 0.15) is 0 Å². The average molecular weight is 237 g/mol. The third-order valence-corrected chi connectivity index (χ3v) is 1.77. The molecule has 0 spiro atoms. The maximum Gasteiger partial charge on any atom is 0.325 e. The van der Waals surface area contributed by atoms with Crippen LogP contribution >= 0.6 is 0 Å². The first kappa shape index (κ1) is 14.9. The van der Waals surface area contributed by atoms with E-state index in [0.717, 1.165) is 6.21 Å². The summed E-state index contributed by atoms with van der Waals surface area (Å²) >= 11 is 0. The van der Waals surface area contributed by atoms with E-state index in [1.165, 1.54) is 0 Å². The summed E-state index contributed by atoms with van der Waals surface area (Å²) in [5, 5.41) is 53.3. The number of hydrogen-bond acceptors (Lipinski definition) is 7. The lowest BCUT2D eigenvalue weighted by Gasteiger charge is -2.23. The second-order valence-electron chi connectivity index (χ2n) is 3.11. The van der Waals surface area contributed by atoms with E-state index in [1.54, 1.807) is 0 Å². The van der Waals surface area contributed by atoms with Crippen LogP contribution in [0.4, 0.5) is 0 Å². The Labute approximate surface area is 91.1 Å². The third-order valence-electron chi connectivity index (χ3n) is 1.77. The van der Waals surface area contributed by atoms with Gasteiger partial charge in [0.05, 0.1) is 6.61 Å². The molecule has 0 rings (SSSR count). The van der Waals surface area contributed by atoms with Gasteiger partial charge in [-0.2, -0.15) is 0 Å². The highest BCUT2D eigenvalue weighted by atomic mass is 16.4. The van der Waals surface area contributed by atoms with Crippen LogP contribution in [-0.2, 0) is 4.79 Å². The molecule has 8 heteroatoms. The molecule has 0 heterocycles. The first-order valence-corrected chi connectivity index (χ1v) is 4.45. The quantitative estimate of drug-likeness (QED) is 0.252. The van der Waals surface area contributed by atoms with Gasteiger partial charge in [-0.1, -0.05) is 0 Å². The minimum atomic E-state index is -1.76. The zero-order valence-electron chi connectivity index (χ0n) is 8.34. The fourth-order valence-corrected chi connectivity index (χ4v) is 0.865. The van der Waals surface area contributed by atoms with Gasteiger partial charge >= 0.3 is 5.97 Å². The molecule has 0 radical (unpaired) electrons. The largest absolute Gasteiger partial charge is 0.480 e. The second kappa shape index (κ2) is 7.25. The molecular formula is C8H15NO7. The molecule has 0 amide bonds. The Kier molecular flexibility index (Phi) is 6.77. The summed E-state index contributed by atoms with van der Waals surface area (Å²) in [4.78, 5) is 13.3. The third kappa shape index (κ3) is 5.14. The Balaban J connectivity index is 4.21. The highest BCUT2D eigenvalue weighted by Gasteiger charge is 2.28. The molecule has 0 fully saturated rings. The van der Waals surface area contributed by atoms with E-state index in [2.05, 4.69) is 4.99 Å². The van der Waals surface area contributed by atoms with Crippen molar-refractivity contribution in [3.8, 4) is 0 Å². The van der Waals surface area contributed by atoms with Gasteiger partial charge in [0.15, 0.2) is 0 Å². The summed E-state index contributed by atoms with van der Waals surface area (Å²) in [6.07, 6.45) is -6.00. The van der Waals surface area contributed by atoms with E-state index in [1.807, 2.05) is 0 Å². The summed E-state index contributed by atoms with van der Waals surface area (Å²) < 4.78 is 0. The molecule has 0 saturated heterocycles. The number of aliphatic carboxylic acids is 1. The summed E-state index contributed by atoms with van der Waals surface area (Å²) in [5.41, 5.74) is 0. The monoisotopic (exact) mass is 237 g/mol. The number of carboxylic acids is 1. The molecule has 0 aromatic rings. The predicted molar refractivity (Wildman–Crippen MR) is 52.1 cm³/mol. The number of hydrogen-bond donors (Lipinski definition) is 6. The predicted octanol–water partition coefficient (Wildman–Crippen LogP) is -3.42. The van der Waals surface area contributed by atoms with Crippen LogP contribution in [-0.4, -0.2) is 80.4 Å². The van der Waals surface area contributed by atoms with Gasteiger partial charge in [-0.3, -0.25) is 9.79 Å². The number of rotatable bonds is 7. The Bertz CT molecular complexity index is 245. The van der Waals surface area contributed by atoms with Crippen LogP contribution in [0.3, 0.4) is 0 Å². The molecule has 16 heavy (non-hydrogen) atoms. The number of aliphatic hydroxyl groups excluding tert-OH is 5. The lowest BCUT2D eigenvalue weighted by molar-refractivity contribution is -0.135. The standard InChI is InChI=1S/C8H15NO7/c10-3-5(12)8(16)7(15)4(11)1-9-2-6(13)14/h1,4-5,7-8,10-12,15-16H,2-3H2,(H,13,14). The van der Waals surface area contributed by atoms with Crippen molar-refractivity contribution in [2.75, 3.05) is 13.2 Å². The lowest BCUT2D eigenvalue weighted by atomic mass is 10.0. The number of nitrogens with zero attached hydrogens (tertiary/aromatic N) is 1. The highest BCUT2D eigenvalue weighted by Crippen LogP contribution is 2.03. The number of carboxylic acid groups (broad SMARTS) is 1. The Morgan fingerprint density at radius 1 is 1.19 bits per heavy atom. The number of aliphatic hydroxyl groups is 5. The average Bonchev–Trinajstić information content (AvgIpc) is 2.25. The second-order valence-corrected chi connectivity index (χ2v) is 3.11. The molecule has 0 saturated carbocycles. The molecule has 0 aromatic carbocycles. The molecular weight excluding hydrogens is 222 g/mol. The van der Waals surface area contributed by atoms with Gasteiger partial charge < -0.3 is 30.6 Å². The lowest BCUT2D eigenvalue weighted by Crippen LogP contribution is -2.46. The van der Waals surface area contributed by atoms with E-state index < -0.39 is 43.5 Å². The van der Waals surface area contributed by atoms with Crippen LogP contribution in [0.15, 0.2) is 4.99 Å². The normalized spacial score (nSPS) is 19.3. The SMILES string of the molecule is O=C(O)CN=CC(O)C(O)C(O)C(O)CO. The van der Waals surface area contributed by atoms with E-state index in [-0.39, 0.29) is 0 Å². The molecule has 0 aliphatic carbocycles. The zero-order chi connectivity index (χ0) is 12.7. The Morgan fingerprint density at radius 2 is 1.75 bits per heavy atom. The smallest absolute Gasteiger partial charge is 0.325 e. The van der Waals surface area contributed by atoms with E-state index in [9.17, 15) is 15.0 Å². The van der Waals surface area contributed by atoms with Crippen LogP contribution in [0.5, 0.6) is 0 Å². The van der Waals surface area contributed by atoms with Crippen molar-refractivity contribution in [3.63, 3.8) is 0 Å². The van der Waals surface area contributed by atoms with Gasteiger partial charge in [0.2, 0.25) is 0 Å². The van der Waals surface area contributed by atoms with Crippen molar-refractivity contribution in [1.82, 2.24) is 0 Å². The van der Waals surface area contributed by atoms with Gasteiger partial charge in [0.25, 0.3) is 0 Å². The first-order chi connectivity index (χ1) is 7.40. The minimum absolute atomic E-state index is 0.581. The minimum Gasteiger partial charge on any atom is -0.480 e. The summed E-state index contributed by atoms with van der Waals surface area (Å²) in [6, 6.07) is 0. The van der Waals surface area contributed by atoms with Crippen molar-refractivity contribution in [2.45, 2.75) is 24.4 Å². The maximum absolute atomic E-state index is 10.1. The van der Waals surface area contributed by atoms with Crippen LogP contribution in [0.25, 0.3) is 0 Å². The van der Waals surface area contributed by atoms with Crippen molar-refractivity contribution < 1.29 is 35.4 Å². The molecule has 6 N–H and O–H groups in total. The van der Waals surface area contributed by atoms with Gasteiger partial charge in [0, 0.05) is 6.21 Å². The molecule has 4 atom stereocenters. The molecule has 8 nitrogen and oxygen atoms in total. The van der Waals surface area contributed by atoms with Crippen LogP contribution in [0.2, 0.25) is 0 Å². The topological polar surface area (TPSA) is 151 Å². The fraction of sp³-hybridized carbons (Fsp3) is 0.750. The zero-order valence-corrected chi connectivity index (χ0v) is 8.34. The number of aliphatic imine (C=N–C) groups is 1. The fourth-order valence-electron chi connectivity index (χ4n) is 0.865. The maximum atomic E-state index is 10.1. The van der Waals surface area contributed by atoms with E-state index >= 15 is 0 Å². The molecule has 0 aliphatic rings. The summed E-state index contributed by atoms with van der Waals surface area (Å²) in [5.74, 6) is -1.21. The summed E-state index contributed by atoms with van der Waals surface area (Å²) in [7, 11) is 0.